The Bertz CT molecular complexity index is 1180. The molecule has 7 heteroatoms. The molecule has 0 bridgehead atoms. The van der Waals surface area contributed by atoms with E-state index in [4.69, 9.17) is 32.7 Å². The second-order valence-electron chi connectivity index (χ2n) is 7.73. The number of methoxy groups -OCH3 is 2. The Morgan fingerprint density at radius 3 is 2.09 bits per heavy atom. The van der Waals surface area contributed by atoms with Crippen molar-refractivity contribution < 1.29 is 14.6 Å². The van der Waals surface area contributed by atoms with Crippen molar-refractivity contribution >= 4 is 45.0 Å². The normalized spacial score (nSPS) is 12.4. The average Bonchev–Trinajstić information content (AvgIpc) is 3.08. The highest BCUT2D eigenvalue weighted by molar-refractivity contribution is 6.33. The lowest BCUT2D eigenvalue weighted by molar-refractivity contribution is 0.154. The molecule has 5 nitrogen and oxygen atoms in total. The predicted octanol–water partition coefficient (Wildman–Crippen LogP) is 5.31. The summed E-state index contributed by atoms with van der Waals surface area (Å²) in [7, 11) is 3.26. The third-order valence-electron chi connectivity index (χ3n) is 5.60. The molecule has 1 aromatic heterocycles. The van der Waals surface area contributed by atoms with Crippen molar-refractivity contribution in [2.75, 3.05) is 27.3 Å². The fourth-order valence-corrected chi connectivity index (χ4v) is 4.40. The van der Waals surface area contributed by atoms with Gasteiger partial charge in [-0.1, -0.05) is 29.3 Å². The number of aliphatic hydroxyl groups is 1. The van der Waals surface area contributed by atoms with Gasteiger partial charge in [0.25, 0.3) is 0 Å². The van der Waals surface area contributed by atoms with Gasteiger partial charge in [0.2, 0.25) is 0 Å². The van der Waals surface area contributed by atoms with Crippen LogP contribution < -0.4 is 14.8 Å². The molecule has 0 radical (unpaired) electrons. The molecule has 0 aliphatic rings. The van der Waals surface area contributed by atoms with Crippen LogP contribution in [0.5, 0.6) is 11.5 Å². The monoisotopic (exact) mass is 472 g/mol. The van der Waals surface area contributed by atoms with Gasteiger partial charge in [-0.3, -0.25) is 0 Å². The van der Waals surface area contributed by atoms with Crippen molar-refractivity contribution in [3.63, 3.8) is 0 Å². The lowest BCUT2D eigenvalue weighted by Gasteiger charge is -2.15. The molecular formula is C25H26Cl2N2O3. The minimum atomic E-state index is -0.550. The molecule has 0 fully saturated rings. The topological polar surface area (TPSA) is 55.6 Å². The van der Waals surface area contributed by atoms with Gasteiger partial charge in [-0.15, -0.1) is 0 Å². The van der Waals surface area contributed by atoms with Gasteiger partial charge in [0, 0.05) is 38.4 Å². The minimum Gasteiger partial charge on any atom is -0.493 e. The van der Waals surface area contributed by atoms with Crippen LogP contribution in [-0.4, -0.2) is 43.1 Å². The first-order chi connectivity index (χ1) is 15.5. The van der Waals surface area contributed by atoms with Crippen LogP contribution in [0.2, 0.25) is 10.0 Å². The number of benzene rings is 3. The highest BCUT2D eigenvalue weighted by atomic mass is 35.5. The molecule has 1 unspecified atom stereocenters. The number of nitrogens with one attached hydrogen (secondary N) is 1. The number of aliphatic hydroxyl groups excluding tert-OH is 1. The van der Waals surface area contributed by atoms with Crippen molar-refractivity contribution in [3.05, 3.63) is 70.2 Å². The van der Waals surface area contributed by atoms with Crippen LogP contribution in [0.3, 0.4) is 0 Å². The lowest BCUT2D eigenvalue weighted by atomic mass is 10.1. The number of hydrogen-bond donors (Lipinski definition) is 2. The van der Waals surface area contributed by atoms with E-state index in [1.165, 1.54) is 0 Å². The lowest BCUT2D eigenvalue weighted by Crippen LogP contribution is -2.31. The van der Waals surface area contributed by atoms with E-state index in [0.29, 0.717) is 28.9 Å². The summed E-state index contributed by atoms with van der Waals surface area (Å²) in [6.07, 6.45) is 0.268. The Morgan fingerprint density at radius 1 is 0.875 bits per heavy atom. The molecule has 0 aliphatic carbocycles. The third-order valence-corrected chi connectivity index (χ3v) is 6.07. The van der Waals surface area contributed by atoms with Gasteiger partial charge in [-0.25, -0.2) is 0 Å². The standard InChI is InChI=1S/C25H26Cl2N2O3/c1-31-24-8-3-16(11-25(24)32-2)9-10-28-14-19(30)15-29-22-6-4-17(26)12-20(22)21-13-18(27)5-7-23(21)29/h3-8,11-13,19,28,30H,9-10,14-15H2,1-2H3. The summed E-state index contributed by atoms with van der Waals surface area (Å²) in [4.78, 5) is 0. The number of rotatable bonds is 9. The Labute approximate surface area is 197 Å². The van der Waals surface area contributed by atoms with Gasteiger partial charge < -0.3 is 24.5 Å². The summed E-state index contributed by atoms with van der Waals surface area (Å²) < 4.78 is 12.8. The molecule has 4 rings (SSSR count). The zero-order chi connectivity index (χ0) is 22.7. The third kappa shape index (κ3) is 4.81. The molecule has 0 saturated carbocycles. The van der Waals surface area contributed by atoms with E-state index in [2.05, 4.69) is 9.88 Å². The Kier molecular flexibility index (Phi) is 7.11. The van der Waals surface area contributed by atoms with Gasteiger partial charge >= 0.3 is 0 Å². The highest BCUT2D eigenvalue weighted by Crippen LogP contribution is 2.33. The molecule has 2 N–H and O–H groups in total. The van der Waals surface area contributed by atoms with Crippen molar-refractivity contribution in [2.24, 2.45) is 0 Å². The molecule has 0 amide bonds. The zero-order valence-corrected chi connectivity index (χ0v) is 19.6. The van der Waals surface area contributed by atoms with E-state index in [-0.39, 0.29) is 0 Å². The van der Waals surface area contributed by atoms with Crippen molar-refractivity contribution in [3.8, 4) is 11.5 Å². The molecule has 168 valence electrons. The molecule has 1 heterocycles. The number of aromatic nitrogens is 1. The number of ether oxygens (including phenoxy) is 2. The van der Waals surface area contributed by atoms with E-state index < -0.39 is 6.10 Å². The summed E-state index contributed by atoms with van der Waals surface area (Å²) in [6, 6.07) is 17.5. The quantitative estimate of drug-likeness (QED) is 0.324. The van der Waals surface area contributed by atoms with Crippen LogP contribution in [-0.2, 0) is 13.0 Å². The number of halogens is 2. The average molecular weight is 473 g/mol. The summed E-state index contributed by atoms with van der Waals surface area (Å²) in [5.41, 5.74) is 3.19. The van der Waals surface area contributed by atoms with Gasteiger partial charge in [0.05, 0.1) is 26.9 Å². The smallest absolute Gasteiger partial charge is 0.160 e. The molecule has 0 aliphatic heterocycles. The zero-order valence-electron chi connectivity index (χ0n) is 18.1. The fourth-order valence-electron chi connectivity index (χ4n) is 4.06. The summed E-state index contributed by atoms with van der Waals surface area (Å²) in [6.45, 7) is 1.69. The number of nitrogens with zero attached hydrogens (tertiary/aromatic N) is 1. The second-order valence-corrected chi connectivity index (χ2v) is 8.60. The Balaban J connectivity index is 1.42. The molecule has 32 heavy (non-hydrogen) atoms. The van der Waals surface area contributed by atoms with Crippen LogP contribution in [0, 0.1) is 0 Å². The van der Waals surface area contributed by atoms with E-state index in [1.807, 2.05) is 54.6 Å². The van der Waals surface area contributed by atoms with E-state index >= 15 is 0 Å². The maximum Gasteiger partial charge on any atom is 0.160 e. The highest BCUT2D eigenvalue weighted by Gasteiger charge is 2.14. The second kappa shape index (κ2) is 10.0. The first kappa shape index (κ1) is 22.7. The summed E-state index contributed by atoms with van der Waals surface area (Å²) >= 11 is 12.5. The summed E-state index contributed by atoms with van der Waals surface area (Å²) in [5, 5.41) is 17.5. The maximum atomic E-state index is 10.7. The molecule has 0 spiro atoms. The first-order valence-corrected chi connectivity index (χ1v) is 11.2. The molecule has 4 aromatic rings. The van der Waals surface area contributed by atoms with E-state index in [1.54, 1.807) is 14.2 Å². The van der Waals surface area contributed by atoms with E-state index in [0.717, 1.165) is 46.1 Å². The van der Waals surface area contributed by atoms with Gasteiger partial charge in [0.15, 0.2) is 11.5 Å². The van der Waals surface area contributed by atoms with Crippen molar-refractivity contribution in [1.82, 2.24) is 9.88 Å². The van der Waals surface area contributed by atoms with Crippen molar-refractivity contribution in [1.29, 1.82) is 0 Å². The Hall–Kier alpha value is -2.44. The number of fused-ring (bicyclic) bond motifs is 3. The summed E-state index contributed by atoms with van der Waals surface area (Å²) in [5.74, 6) is 1.44. The minimum absolute atomic E-state index is 0.465. The predicted molar refractivity (Wildman–Crippen MR) is 132 cm³/mol. The van der Waals surface area contributed by atoms with Gasteiger partial charge in [0.1, 0.15) is 0 Å². The first-order valence-electron chi connectivity index (χ1n) is 10.5. The van der Waals surface area contributed by atoms with Crippen LogP contribution in [0.15, 0.2) is 54.6 Å². The van der Waals surface area contributed by atoms with Crippen LogP contribution >= 0.6 is 23.2 Å². The van der Waals surface area contributed by atoms with Crippen LogP contribution in [0.25, 0.3) is 21.8 Å². The van der Waals surface area contributed by atoms with E-state index in [9.17, 15) is 5.11 Å². The fraction of sp³-hybridized carbons (Fsp3) is 0.280. The molecule has 0 saturated heterocycles. The molecule has 3 aromatic carbocycles. The maximum absolute atomic E-state index is 10.7. The Morgan fingerprint density at radius 2 is 1.50 bits per heavy atom. The molecule has 1 atom stereocenters. The molecular weight excluding hydrogens is 447 g/mol. The SMILES string of the molecule is COc1ccc(CCNCC(O)Cn2c3ccc(Cl)cc3c3cc(Cl)ccc32)cc1OC. The number of hydrogen-bond acceptors (Lipinski definition) is 4. The van der Waals surface area contributed by atoms with Gasteiger partial charge in [-0.2, -0.15) is 0 Å². The van der Waals surface area contributed by atoms with Gasteiger partial charge in [-0.05, 0) is 67.1 Å². The van der Waals surface area contributed by atoms with Crippen LogP contribution in [0.1, 0.15) is 5.56 Å². The van der Waals surface area contributed by atoms with Crippen LogP contribution in [0.4, 0.5) is 0 Å². The van der Waals surface area contributed by atoms with Crippen molar-refractivity contribution in [2.45, 2.75) is 19.1 Å². The largest absolute Gasteiger partial charge is 0.493 e.